The maximum atomic E-state index is 11.7. The molecule has 0 radical (unpaired) electrons. The van der Waals surface area contributed by atoms with Crippen LogP contribution < -0.4 is 11.1 Å². The maximum Gasteiger partial charge on any atom is 0.340 e. The lowest BCUT2D eigenvalue weighted by atomic mass is 10.1. The summed E-state index contributed by atoms with van der Waals surface area (Å²) in [6, 6.07) is 9.30. The predicted molar refractivity (Wildman–Crippen MR) is 89.1 cm³/mol. The van der Waals surface area contributed by atoms with Gasteiger partial charge in [0.15, 0.2) is 0 Å². The summed E-state index contributed by atoms with van der Waals surface area (Å²) >= 11 is 3.47. The third kappa shape index (κ3) is 3.19. The van der Waals surface area contributed by atoms with Crippen LogP contribution in [0.15, 0.2) is 34.8 Å². The summed E-state index contributed by atoms with van der Waals surface area (Å²) in [6.07, 6.45) is 0. The Morgan fingerprint density at radius 1 is 1.24 bits per heavy atom. The number of rotatable bonds is 3. The maximum absolute atomic E-state index is 11.7. The highest BCUT2D eigenvalue weighted by Crippen LogP contribution is 2.31. The fraction of sp³-hybridized carbons (Fsp3) is 0.188. The molecule has 0 aromatic heterocycles. The van der Waals surface area contributed by atoms with Crippen molar-refractivity contribution in [2.24, 2.45) is 0 Å². The van der Waals surface area contributed by atoms with E-state index in [0.29, 0.717) is 16.9 Å². The van der Waals surface area contributed by atoms with Crippen LogP contribution in [0.3, 0.4) is 0 Å². The van der Waals surface area contributed by atoms with Gasteiger partial charge in [0.25, 0.3) is 0 Å². The van der Waals surface area contributed by atoms with Gasteiger partial charge in [-0.1, -0.05) is 22.0 Å². The van der Waals surface area contributed by atoms with Crippen LogP contribution >= 0.6 is 15.9 Å². The van der Waals surface area contributed by atoms with Crippen LogP contribution in [0.4, 0.5) is 17.1 Å². The van der Waals surface area contributed by atoms with E-state index >= 15 is 0 Å². The highest BCUT2D eigenvalue weighted by atomic mass is 79.9. The number of nitrogen functional groups attached to an aromatic ring is 1. The van der Waals surface area contributed by atoms with Gasteiger partial charge in [0.05, 0.1) is 24.0 Å². The number of para-hydroxylation sites is 1. The largest absolute Gasteiger partial charge is 0.465 e. The molecule has 0 aliphatic heterocycles. The molecule has 0 amide bonds. The Hall–Kier alpha value is -2.01. The van der Waals surface area contributed by atoms with E-state index in [1.165, 1.54) is 7.11 Å². The first-order chi connectivity index (χ1) is 9.93. The molecule has 2 aromatic rings. The van der Waals surface area contributed by atoms with Crippen LogP contribution in [-0.2, 0) is 4.74 Å². The Morgan fingerprint density at radius 3 is 2.43 bits per heavy atom. The van der Waals surface area contributed by atoms with Crippen LogP contribution in [0.5, 0.6) is 0 Å². The molecule has 5 heteroatoms. The predicted octanol–water partition coefficient (Wildman–Crippen LogP) is 4.18. The van der Waals surface area contributed by atoms with Crippen molar-refractivity contribution in [2.75, 3.05) is 18.2 Å². The molecule has 0 fully saturated rings. The fourth-order valence-electron chi connectivity index (χ4n) is 2.20. The van der Waals surface area contributed by atoms with Gasteiger partial charge in [-0.15, -0.1) is 0 Å². The Kier molecular flexibility index (Phi) is 4.53. The minimum absolute atomic E-state index is 0.356. The van der Waals surface area contributed by atoms with Crippen LogP contribution in [0.25, 0.3) is 0 Å². The standard InChI is InChI=1S/C16H17BrN2O2/c1-9-7-11(17)8-10(2)15(9)19-13-6-4-5-12(14(13)18)16(20)21-3/h4-8,19H,18H2,1-3H3. The van der Waals surface area contributed by atoms with Gasteiger partial charge >= 0.3 is 5.97 Å². The number of carbonyl (C=O) groups excluding carboxylic acids is 1. The van der Waals surface area contributed by atoms with Crippen LogP contribution in [0, 0.1) is 13.8 Å². The third-order valence-electron chi connectivity index (χ3n) is 3.27. The van der Waals surface area contributed by atoms with E-state index in [1.54, 1.807) is 12.1 Å². The van der Waals surface area contributed by atoms with Crippen LogP contribution in [0.1, 0.15) is 21.5 Å². The van der Waals surface area contributed by atoms with Crippen molar-refractivity contribution >= 4 is 39.0 Å². The minimum Gasteiger partial charge on any atom is -0.465 e. The molecule has 110 valence electrons. The third-order valence-corrected chi connectivity index (χ3v) is 3.73. The van der Waals surface area contributed by atoms with Gasteiger partial charge in [0.2, 0.25) is 0 Å². The SMILES string of the molecule is COC(=O)c1cccc(Nc2c(C)cc(Br)cc2C)c1N. The molecule has 0 aliphatic carbocycles. The molecule has 3 N–H and O–H groups in total. The highest BCUT2D eigenvalue weighted by molar-refractivity contribution is 9.10. The van der Waals surface area contributed by atoms with Gasteiger partial charge in [0.1, 0.15) is 0 Å². The lowest BCUT2D eigenvalue weighted by Gasteiger charge is -2.16. The summed E-state index contributed by atoms with van der Waals surface area (Å²) in [7, 11) is 1.34. The molecule has 2 aromatic carbocycles. The number of hydrogen-bond acceptors (Lipinski definition) is 4. The first-order valence-electron chi connectivity index (χ1n) is 6.44. The van der Waals surface area contributed by atoms with Gasteiger partial charge in [-0.3, -0.25) is 0 Å². The van der Waals surface area contributed by atoms with E-state index in [2.05, 4.69) is 21.2 Å². The molecule has 0 heterocycles. The number of nitrogens with one attached hydrogen (secondary N) is 1. The topological polar surface area (TPSA) is 64.3 Å². The van der Waals surface area contributed by atoms with E-state index in [9.17, 15) is 4.79 Å². The first kappa shape index (κ1) is 15.4. The van der Waals surface area contributed by atoms with Crippen molar-refractivity contribution in [3.05, 3.63) is 51.5 Å². The molecule has 21 heavy (non-hydrogen) atoms. The average molecular weight is 349 g/mol. The molecular weight excluding hydrogens is 332 g/mol. The summed E-state index contributed by atoms with van der Waals surface area (Å²) in [5, 5.41) is 3.30. The normalized spacial score (nSPS) is 10.3. The van der Waals surface area contributed by atoms with Gasteiger partial charge in [-0.2, -0.15) is 0 Å². The van der Waals surface area contributed by atoms with Gasteiger partial charge in [0, 0.05) is 10.2 Å². The van der Waals surface area contributed by atoms with Crippen molar-refractivity contribution < 1.29 is 9.53 Å². The minimum atomic E-state index is -0.444. The summed E-state index contributed by atoms with van der Waals surface area (Å²) in [5.41, 5.74) is 10.6. The van der Waals surface area contributed by atoms with Gasteiger partial charge < -0.3 is 15.8 Å². The van der Waals surface area contributed by atoms with Gasteiger partial charge in [-0.05, 0) is 49.2 Å². The van der Waals surface area contributed by atoms with E-state index in [0.717, 1.165) is 21.3 Å². The lowest BCUT2D eigenvalue weighted by molar-refractivity contribution is 0.0602. The monoisotopic (exact) mass is 348 g/mol. The number of aryl methyl sites for hydroxylation is 2. The van der Waals surface area contributed by atoms with E-state index in [1.807, 2.05) is 32.0 Å². The lowest BCUT2D eigenvalue weighted by Crippen LogP contribution is -2.08. The number of nitrogens with two attached hydrogens (primary N) is 1. The molecule has 0 unspecified atom stereocenters. The van der Waals surface area contributed by atoms with E-state index in [-0.39, 0.29) is 0 Å². The number of ether oxygens (including phenoxy) is 1. The van der Waals surface area contributed by atoms with Crippen LogP contribution in [-0.4, -0.2) is 13.1 Å². The van der Waals surface area contributed by atoms with Crippen molar-refractivity contribution in [3.63, 3.8) is 0 Å². The Morgan fingerprint density at radius 2 is 1.86 bits per heavy atom. The number of esters is 1. The zero-order valence-electron chi connectivity index (χ0n) is 12.2. The second kappa shape index (κ2) is 6.18. The molecule has 0 atom stereocenters. The summed E-state index contributed by atoms with van der Waals surface area (Å²) < 4.78 is 5.76. The van der Waals surface area contributed by atoms with Crippen LogP contribution in [0.2, 0.25) is 0 Å². The van der Waals surface area contributed by atoms with E-state index < -0.39 is 5.97 Å². The second-order valence-corrected chi connectivity index (χ2v) is 5.71. The Balaban J connectivity index is 2.44. The molecule has 2 rings (SSSR count). The second-order valence-electron chi connectivity index (χ2n) is 4.80. The van der Waals surface area contributed by atoms with Crippen molar-refractivity contribution in [1.82, 2.24) is 0 Å². The first-order valence-corrected chi connectivity index (χ1v) is 7.24. The number of methoxy groups -OCH3 is 1. The number of hydrogen-bond donors (Lipinski definition) is 2. The average Bonchev–Trinajstić information content (AvgIpc) is 2.43. The van der Waals surface area contributed by atoms with Crippen molar-refractivity contribution in [1.29, 1.82) is 0 Å². The highest BCUT2D eigenvalue weighted by Gasteiger charge is 2.14. The summed E-state index contributed by atoms with van der Waals surface area (Å²) in [5.74, 6) is -0.444. The Labute approximate surface area is 132 Å². The van der Waals surface area contributed by atoms with Crippen molar-refractivity contribution in [3.8, 4) is 0 Å². The number of halogens is 1. The number of benzene rings is 2. The van der Waals surface area contributed by atoms with E-state index in [4.69, 9.17) is 10.5 Å². The zero-order chi connectivity index (χ0) is 15.6. The molecule has 0 spiro atoms. The number of anilines is 3. The summed E-state index contributed by atoms with van der Waals surface area (Å²) in [4.78, 5) is 11.7. The fourth-order valence-corrected chi connectivity index (χ4v) is 2.89. The number of carbonyl (C=O) groups is 1. The van der Waals surface area contributed by atoms with Crippen molar-refractivity contribution in [2.45, 2.75) is 13.8 Å². The summed E-state index contributed by atoms with van der Waals surface area (Å²) in [6.45, 7) is 4.03. The smallest absolute Gasteiger partial charge is 0.340 e. The zero-order valence-corrected chi connectivity index (χ0v) is 13.7. The molecule has 4 nitrogen and oxygen atoms in total. The molecular formula is C16H17BrN2O2. The Bertz CT molecular complexity index is 676. The molecule has 0 saturated heterocycles. The van der Waals surface area contributed by atoms with Gasteiger partial charge in [-0.25, -0.2) is 4.79 Å². The molecule has 0 saturated carbocycles. The molecule has 0 aliphatic rings. The molecule has 0 bridgehead atoms. The quantitative estimate of drug-likeness (QED) is 0.645.